The molecule has 198 valence electrons. The second kappa shape index (κ2) is 9.03. The Hall–Kier alpha value is -3.09. The number of carbonyl (C=O) groups excluding carboxylic acids is 2. The zero-order chi connectivity index (χ0) is 26.6. The van der Waals surface area contributed by atoms with Gasteiger partial charge in [-0.25, -0.2) is 4.79 Å². The van der Waals surface area contributed by atoms with Crippen LogP contribution in [0.15, 0.2) is 45.6 Å². The van der Waals surface area contributed by atoms with Gasteiger partial charge in [0.15, 0.2) is 0 Å². The highest BCUT2D eigenvalue weighted by molar-refractivity contribution is 5.67. The second-order valence-electron chi connectivity index (χ2n) is 11.8. The van der Waals surface area contributed by atoms with Crippen molar-refractivity contribution in [2.24, 2.45) is 22.7 Å². The van der Waals surface area contributed by atoms with Crippen molar-refractivity contribution in [2.75, 3.05) is 6.61 Å². The Labute approximate surface area is 217 Å². The van der Waals surface area contributed by atoms with Crippen molar-refractivity contribution in [1.82, 2.24) is 0 Å². The second-order valence-corrected chi connectivity index (χ2v) is 11.8. The molecule has 7 nitrogen and oxygen atoms in total. The lowest BCUT2D eigenvalue weighted by Gasteiger charge is -2.64. The molecular formula is C30H36O7. The van der Waals surface area contributed by atoms with Gasteiger partial charge in [-0.1, -0.05) is 44.2 Å². The summed E-state index contributed by atoms with van der Waals surface area (Å²) in [6.45, 7) is 9.51. The van der Waals surface area contributed by atoms with Gasteiger partial charge in [-0.05, 0) is 50.4 Å². The number of hydrogen-bond acceptors (Lipinski definition) is 7. The molecule has 6 atom stereocenters. The summed E-state index contributed by atoms with van der Waals surface area (Å²) >= 11 is 0. The first-order valence-electron chi connectivity index (χ1n) is 13.2. The van der Waals surface area contributed by atoms with Crippen LogP contribution in [0.5, 0.6) is 5.75 Å². The summed E-state index contributed by atoms with van der Waals surface area (Å²) in [6.07, 6.45) is 3.30. The molecule has 7 heteroatoms. The Morgan fingerprint density at radius 3 is 2.41 bits per heavy atom. The number of fused-ring (bicyclic) bond motifs is 4. The zero-order valence-electron chi connectivity index (χ0n) is 22.3. The number of hydrogen-bond donors (Lipinski definition) is 0. The van der Waals surface area contributed by atoms with Crippen LogP contribution in [0.3, 0.4) is 0 Å². The lowest BCUT2D eigenvalue weighted by Crippen LogP contribution is -2.65. The minimum Gasteiger partial charge on any atom is -0.487 e. The lowest BCUT2D eigenvalue weighted by atomic mass is 9.43. The highest BCUT2D eigenvalue weighted by Gasteiger charge is 2.65. The molecule has 0 bridgehead atoms. The van der Waals surface area contributed by atoms with Gasteiger partial charge in [-0.15, -0.1) is 0 Å². The van der Waals surface area contributed by atoms with Crippen molar-refractivity contribution in [1.29, 1.82) is 0 Å². The van der Waals surface area contributed by atoms with Crippen LogP contribution >= 0.6 is 0 Å². The third-order valence-electron chi connectivity index (χ3n) is 9.45. The summed E-state index contributed by atoms with van der Waals surface area (Å²) in [4.78, 5) is 37.0. The number of ether oxygens (including phenoxy) is 3. The molecule has 5 rings (SSSR count). The zero-order valence-corrected chi connectivity index (χ0v) is 22.3. The molecule has 1 aromatic heterocycles. The van der Waals surface area contributed by atoms with Crippen molar-refractivity contribution in [3.8, 4) is 17.1 Å². The lowest BCUT2D eigenvalue weighted by molar-refractivity contribution is -0.219. The smallest absolute Gasteiger partial charge is 0.343 e. The van der Waals surface area contributed by atoms with Crippen molar-refractivity contribution >= 4 is 11.9 Å². The minimum absolute atomic E-state index is 0.0478. The summed E-state index contributed by atoms with van der Waals surface area (Å²) < 4.78 is 23.8. The summed E-state index contributed by atoms with van der Waals surface area (Å²) in [6, 6.07) is 11.4. The molecule has 0 spiro atoms. The molecule has 2 aliphatic carbocycles. The number of esters is 2. The third kappa shape index (κ3) is 4.26. The maximum Gasteiger partial charge on any atom is 0.343 e. The molecule has 1 aliphatic heterocycles. The monoisotopic (exact) mass is 508 g/mol. The van der Waals surface area contributed by atoms with E-state index in [1.165, 1.54) is 13.8 Å². The van der Waals surface area contributed by atoms with E-state index in [0.29, 0.717) is 29.9 Å². The molecule has 0 radical (unpaired) electrons. The fourth-order valence-electron chi connectivity index (χ4n) is 7.69. The van der Waals surface area contributed by atoms with Crippen LogP contribution in [0.1, 0.15) is 65.9 Å². The predicted octanol–water partition coefficient (Wildman–Crippen LogP) is 5.33. The van der Waals surface area contributed by atoms with E-state index in [1.807, 2.05) is 36.4 Å². The normalized spacial score (nSPS) is 34.2. The average Bonchev–Trinajstić information content (AvgIpc) is 2.84. The van der Waals surface area contributed by atoms with Crippen LogP contribution < -0.4 is 10.4 Å². The van der Waals surface area contributed by atoms with Gasteiger partial charge in [0.1, 0.15) is 29.8 Å². The van der Waals surface area contributed by atoms with Crippen LogP contribution in [-0.4, -0.2) is 30.3 Å². The standard InChI is InChI=1S/C30H36O7/c1-18(31)34-17-29(4)24-11-14-30(5)25(28(24,3)13-12-26(29)35-19(2)32)15-21-23(37-30)16-22(36-27(21)33)20-9-7-6-8-10-20/h6-10,16,24-26H,11-15,17H2,1-5H3/t24-,25-,26+,28+,29-,30+/m0/s1. The molecule has 3 aliphatic rings. The van der Waals surface area contributed by atoms with Crippen LogP contribution in [0.4, 0.5) is 0 Å². The molecule has 2 saturated carbocycles. The summed E-state index contributed by atoms with van der Waals surface area (Å²) in [5.41, 5.74) is -0.183. The fourth-order valence-corrected chi connectivity index (χ4v) is 7.69. The molecule has 0 saturated heterocycles. The van der Waals surface area contributed by atoms with E-state index in [9.17, 15) is 14.4 Å². The molecule has 2 fully saturated rings. The molecule has 0 N–H and O–H groups in total. The highest BCUT2D eigenvalue weighted by Crippen LogP contribution is 2.65. The van der Waals surface area contributed by atoms with Gasteiger partial charge >= 0.3 is 17.6 Å². The molecule has 37 heavy (non-hydrogen) atoms. The third-order valence-corrected chi connectivity index (χ3v) is 9.45. The summed E-state index contributed by atoms with van der Waals surface area (Å²) in [5, 5.41) is 0. The van der Waals surface area contributed by atoms with Crippen molar-refractivity contribution in [2.45, 2.75) is 78.4 Å². The number of rotatable bonds is 4. The Kier molecular flexibility index (Phi) is 6.24. The SMILES string of the molecule is CC(=O)OC[C@@]1(C)[C@H]2CC[C@@]3(C)Oc4cc(-c5ccccc5)oc(=O)c4C[C@H]3[C@]2(C)CC[C@H]1OC(C)=O. The molecule has 1 aromatic carbocycles. The van der Waals surface area contributed by atoms with Gasteiger partial charge < -0.3 is 18.6 Å². The Morgan fingerprint density at radius 1 is 1.00 bits per heavy atom. The Balaban J connectivity index is 1.53. The molecule has 0 amide bonds. The highest BCUT2D eigenvalue weighted by atomic mass is 16.6. The van der Waals surface area contributed by atoms with Gasteiger partial charge in [0, 0.05) is 36.8 Å². The van der Waals surface area contributed by atoms with Crippen molar-refractivity contribution in [3.63, 3.8) is 0 Å². The topological polar surface area (TPSA) is 92.0 Å². The van der Waals surface area contributed by atoms with E-state index >= 15 is 0 Å². The number of benzene rings is 1. The van der Waals surface area contributed by atoms with Gasteiger partial charge in [0.05, 0.1) is 5.56 Å². The predicted molar refractivity (Wildman–Crippen MR) is 137 cm³/mol. The first kappa shape index (κ1) is 25.6. The van der Waals surface area contributed by atoms with E-state index < -0.39 is 11.0 Å². The van der Waals surface area contributed by atoms with Gasteiger partial charge in [0.25, 0.3) is 0 Å². The summed E-state index contributed by atoms with van der Waals surface area (Å²) in [7, 11) is 0. The first-order valence-corrected chi connectivity index (χ1v) is 13.2. The van der Waals surface area contributed by atoms with E-state index in [4.69, 9.17) is 18.6 Å². The minimum atomic E-state index is -0.548. The fraction of sp³-hybridized carbons (Fsp3) is 0.567. The quantitative estimate of drug-likeness (QED) is 0.516. The number of carbonyl (C=O) groups is 2. The van der Waals surface area contributed by atoms with Crippen molar-refractivity contribution < 1.29 is 28.2 Å². The van der Waals surface area contributed by atoms with Crippen molar-refractivity contribution in [3.05, 3.63) is 52.4 Å². The maximum absolute atomic E-state index is 13.2. The van der Waals surface area contributed by atoms with Crippen LogP contribution in [0, 0.1) is 22.7 Å². The molecule has 2 heterocycles. The van der Waals surface area contributed by atoms with E-state index in [2.05, 4.69) is 20.8 Å². The van der Waals surface area contributed by atoms with Gasteiger partial charge in [-0.2, -0.15) is 0 Å². The first-order chi connectivity index (χ1) is 17.5. The summed E-state index contributed by atoms with van der Waals surface area (Å²) in [5.74, 6) is 0.583. The Morgan fingerprint density at radius 2 is 1.73 bits per heavy atom. The molecule has 0 unspecified atom stereocenters. The van der Waals surface area contributed by atoms with Crippen LogP contribution in [0.2, 0.25) is 0 Å². The average molecular weight is 509 g/mol. The van der Waals surface area contributed by atoms with E-state index in [0.717, 1.165) is 24.8 Å². The largest absolute Gasteiger partial charge is 0.487 e. The van der Waals surface area contributed by atoms with Gasteiger partial charge in [-0.3, -0.25) is 9.59 Å². The molecular weight excluding hydrogens is 472 g/mol. The van der Waals surface area contributed by atoms with E-state index in [-0.39, 0.29) is 47.5 Å². The van der Waals surface area contributed by atoms with Crippen LogP contribution in [0.25, 0.3) is 11.3 Å². The van der Waals surface area contributed by atoms with Crippen LogP contribution in [-0.2, 0) is 25.5 Å². The molecule has 2 aromatic rings. The van der Waals surface area contributed by atoms with E-state index in [1.54, 1.807) is 0 Å². The van der Waals surface area contributed by atoms with Gasteiger partial charge in [0.2, 0.25) is 0 Å². The maximum atomic E-state index is 13.2. The Bertz CT molecular complexity index is 1270.